The van der Waals surface area contributed by atoms with Crippen molar-refractivity contribution in [2.24, 2.45) is 5.73 Å². The van der Waals surface area contributed by atoms with Crippen LogP contribution < -0.4 is 11.1 Å². The van der Waals surface area contributed by atoms with E-state index in [2.05, 4.69) is 26.6 Å². The molecule has 5 heterocycles. The number of hydrogen-bond donors (Lipinski definition) is 3. The fourth-order valence-corrected chi connectivity index (χ4v) is 7.16. The molecular formula is C27H24N4O4. The van der Waals surface area contributed by atoms with Gasteiger partial charge < -0.3 is 34.8 Å². The number of nitrogens with one attached hydrogen (secondary N) is 1. The molecule has 3 aliphatic heterocycles. The molecular weight excluding hydrogens is 444 g/mol. The highest BCUT2D eigenvalue weighted by molar-refractivity contribution is 6.31. The maximum atomic E-state index is 13.3. The SMILES string of the molecule is CO[C@H]1[C@@H](N)C[C@@H]2O[C@@]1(C)n1c3ccccc3c3c4c(c5c6ccccc6n2c5c31)C(=O)NC4O. The van der Waals surface area contributed by atoms with Gasteiger partial charge in [-0.1, -0.05) is 36.4 Å². The van der Waals surface area contributed by atoms with Crippen LogP contribution in [0.5, 0.6) is 0 Å². The second kappa shape index (κ2) is 6.22. The summed E-state index contributed by atoms with van der Waals surface area (Å²) in [5, 5.41) is 17.5. The van der Waals surface area contributed by atoms with Gasteiger partial charge in [-0.05, 0) is 19.1 Å². The lowest BCUT2D eigenvalue weighted by Gasteiger charge is -2.47. The molecule has 8 rings (SSSR count). The van der Waals surface area contributed by atoms with Gasteiger partial charge in [0.1, 0.15) is 12.3 Å². The monoisotopic (exact) mass is 468 g/mol. The van der Waals surface area contributed by atoms with Gasteiger partial charge in [0.25, 0.3) is 5.91 Å². The zero-order chi connectivity index (χ0) is 23.8. The third-order valence-electron chi connectivity index (χ3n) is 8.32. The molecule has 1 saturated heterocycles. The number of carbonyl (C=O) groups excluding carboxylic acids is 1. The molecule has 4 N–H and O–H groups in total. The average molecular weight is 469 g/mol. The Hall–Kier alpha value is -3.43. The fraction of sp³-hybridized carbons (Fsp3) is 0.296. The van der Waals surface area contributed by atoms with Crippen LogP contribution in [-0.2, 0) is 15.2 Å². The van der Waals surface area contributed by atoms with Gasteiger partial charge in [-0.2, -0.15) is 0 Å². The van der Waals surface area contributed by atoms with Crippen molar-refractivity contribution >= 4 is 49.5 Å². The minimum absolute atomic E-state index is 0.264. The van der Waals surface area contributed by atoms with Gasteiger partial charge >= 0.3 is 0 Å². The Kier molecular flexibility index (Phi) is 3.52. The molecule has 2 bridgehead atoms. The minimum atomic E-state index is -1.10. The van der Waals surface area contributed by atoms with Crippen molar-refractivity contribution < 1.29 is 19.4 Å². The first-order valence-electron chi connectivity index (χ1n) is 11.9. The minimum Gasteiger partial charge on any atom is -0.375 e. The molecule has 1 fully saturated rings. The van der Waals surface area contributed by atoms with Gasteiger partial charge in [-0.3, -0.25) is 4.79 Å². The number of ether oxygens (including phenoxy) is 2. The summed E-state index contributed by atoms with van der Waals surface area (Å²) in [6.45, 7) is 2.03. The quantitative estimate of drug-likeness (QED) is 0.349. The molecule has 2 aromatic heterocycles. The second-order valence-corrected chi connectivity index (χ2v) is 10.0. The van der Waals surface area contributed by atoms with Crippen molar-refractivity contribution in [2.75, 3.05) is 7.11 Å². The van der Waals surface area contributed by atoms with Crippen LogP contribution in [0.1, 0.15) is 41.7 Å². The zero-order valence-corrected chi connectivity index (χ0v) is 19.3. The number of rotatable bonds is 1. The molecule has 8 heteroatoms. The molecule has 1 amide bonds. The summed E-state index contributed by atoms with van der Waals surface area (Å²) in [5.74, 6) is -0.264. The standard InChI is InChI=1S/C27H24N4O4/c1-27-24(34-2)14(28)11-17(35-27)30-15-9-5-3-7-12(15)18-20-21(26(33)29-25(20)32)19-13-8-4-6-10-16(13)31(27)23(19)22(18)30/h3-10,14,17,24,26,33H,11,28H2,1-2H3,(H,29,32)/t14-,17-,24-,26?,27+/m0/s1. The summed E-state index contributed by atoms with van der Waals surface area (Å²) in [6.07, 6.45) is -1.28. The predicted octanol–water partition coefficient (Wildman–Crippen LogP) is 3.58. The summed E-state index contributed by atoms with van der Waals surface area (Å²) < 4.78 is 17.3. The van der Waals surface area contributed by atoms with E-state index in [0.717, 1.165) is 43.6 Å². The topological polar surface area (TPSA) is 104 Å². The van der Waals surface area contributed by atoms with Crippen molar-refractivity contribution in [3.05, 3.63) is 59.7 Å². The maximum Gasteiger partial charge on any atom is 0.254 e. The number of amides is 1. The largest absolute Gasteiger partial charge is 0.375 e. The van der Waals surface area contributed by atoms with E-state index >= 15 is 0 Å². The first kappa shape index (κ1) is 19.8. The fourth-order valence-electron chi connectivity index (χ4n) is 7.16. The average Bonchev–Trinajstić information content (AvgIpc) is 3.44. The Morgan fingerprint density at radius 1 is 1.09 bits per heavy atom. The van der Waals surface area contributed by atoms with Gasteiger partial charge in [0.2, 0.25) is 0 Å². The first-order chi connectivity index (χ1) is 17.0. The van der Waals surface area contributed by atoms with Crippen LogP contribution in [0.15, 0.2) is 48.5 Å². The van der Waals surface area contributed by atoms with Gasteiger partial charge in [-0.25, -0.2) is 0 Å². The van der Waals surface area contributed by atoms with Crippen LogP contribution in [0.25, 0.3) is 43.6 Å². The maximum absolute atomic E-state index is 13.3. The van der Waals surface area contributed by atoms with E-state index in [1.54, 1.807) is 7.11 Å². The van der Waals surface area contributed by atoms with Crippen molar-refractivity contribution in [1.82, 2.24) is 14.5 Å². The van der Waals surface area contributed by atoms with Crippen LogP contribution in [0, 0.1) is 0 Å². The number of aliphatic hydroxyl groups excluding tert-OH is 1. The van der Waals surface area contributed by atoms with E-state index in [9.17, 15) is 9.90 Å². The van der Waals surface area contributed by atoms with E-state index in [1.807, 2.05) is 43.3 Å². The molecule has 8 nitrogen and oxygen atoms in total. The van der Waals surface area contributed by atoms with E-state index in [4.69, 9.17) is 15.2 Å². The number of hydrogen-bond acceptors (Lipinski definition) is 5. The third kappa shape index (κ3) is 2.08. The number of fused-ring (bicyclic) bond motifs is 13. The number of nitrogens with zero attached hydrogens (tertiary/aromatic N) is 2. The number of aromatic nitrogens is 2. The number of methoxy groups -OCH3 is 1. The van der Waals surface area contributed by atoms with Crippen molar-refractivity contribution in [3.8, 4) is 0 Å². The number of aliphatic hydroxyl groups is 1. The summed E-state index contributed by atoms with van der Waals surface area (Å²) in [5.41, 5.74) is 10.8. The number of carbonyl (C=O) groups is 1. The van der Waals surface area contributed by atoms with Gasteiger partial charge in [0, 0.05) is 46.7 Å². The van der Waals surface area contributed by atoms with Crippen molar-refractivity contribution in [1.29, 1.82) is 0 Å². The van der Waals surface area contributed by atoms with Crippen LogP contribution in [0.4, 0.5) is 0 Å². The molecule has 5 atom stereocenters. The van der Waals surface area contributed by atoms with E-state index in [-0.39, 0.29) is 18.2 Å². The molecule has 5 aromatic rings. The molecule has 0 aliphatic carbocycles. The Balaban J connectivity index is 1.76. The molecule has 0 radical (unpaired) electrons. The molecule has 1 unspecified atom stereocenters. The Morgan fingerprint density at radius 2 is 1.77 bits per heavy atom. The summed E-state index contributed by atoms with van der Waals surface area (Å²) >= 11 is 0. The van der Waals surface area contributed by atoms with Crippen LogP contribution in [0.2, 0.25) is 0 Å². The zero-order valence-electron chi connectivity index (χ0n) is 19.3. The Bertz CT molecular complexity index is 1770. The van der Waals surface area contributed by atoms with Gasteiger partial charge in [-0.15, -0.1) is 0 Å². The molecule has 176 valence electrons. The summed E-state index contributed by atoms with van der Waals surface area (Å²) in [4.78, 5) is 13.3. The number of nitrogens with two attached hydrogens (primary N) is 1. The van der Waals surface area contributed by atoms with Gasteiger partial charge in [0.15, 0.2) is 12.0 Å². The molecule has 35 heavy (non-hydrogen) atoms. The predicted molar refractivity (Wildman–Crippen MR) is 132 cm³/mol. The summed E-state index contributed by atoms with van der Waals surface area (Å²) in [6, 6.07) is 15.9. The van der Waals surface area contributed by atoms with Crippen molar-refractivity contribution in [3.63, 3.8) is 0 Å². The molecule has 0 spiro atoms. The van der Waals surface area contributed by atoms with E-state index in [0.29, 0.717) is 17.5 Å². The van der Waals surface area contributed by atoms with Gasteiger partial charge in [0.05, 0.1) is 27.6 Å². The number of para-hydroxylation sites is 2. The molecule has 3 aromatic carbocycles. The Morgan fingerprint density at radius 3 is 2.51 bits per heavy atom. The third-order valence-corrected chi connectivity index (χ3v) is 8.32. The lowest BCUT2D eigenvalue weighted by atomic mass is 9.93. The van der Waals surface area contributed by atoms with Crippen LogP contribution in [0.3, 0.4) is 0 Å². The highest BCUT2D eigenvalue weighted by Crippen LogP contribution is 2.54. The summed E-state index contributed by atoms with van der Waals surface area (Å²) in [7, 11) is 1.67. The smallest absolute Gasteiger partial charge is 0.254 e. The highest BCUT2D eigenvalue weighted by Gasteiger charge is 2.52. The van der Waals surface area contributed by atoms with E-state index < -0.39 is 18.1 Å². The normalized spacial score (nSPS) is 29.4. The van der Waals surface area contributed by atoms with Crippen LogP contribution >= 0.6 is 0 Å². The molecule has 3 aliphatic rings. The first-order valence-corrected chi connectivity index (χ1v) is 11.9. The lowest BCUT2D eigenvalue weighted by molar-refractivity contribution is -0.252. The molecule has 0 saturated carbocycles. The highest BCUT2D eigenvalue weighted by atomic mass is 16.6. The number of benzene rings is 3. The Labute approximate surface area is 199 Å². The lowest BCUT2D eigenvalue weighted by Crippen LogP contribution is -2.59. The van der Waals surface area contributed by atoms with Crippen molar-refractivity contribution in [2.45, 2.75) is 43.7 Å². The van der Waals surface area contributed by atoms with Crippen LogP contribution in [-0.4, -0.2) is 39.4 Å². The second-order valence-electron chi connectivity index (χ2n) is 10.0. The van der Waals surface area contributed by atoms with E-state index in [1.165, 1.54) is 0 Å².